The fourth-order valence-electron chi connectivity index (χ4n) is 2.88. The maximum atomic E-state index is 12.8. The molecular weight excluding hydrogens is 356 g/mol. The molecule has 0 aromatic heterocycles. The largest absolute Gasteiger partial charge is 0.427 e. The summed E-state index contributed by atoms with van der Waals surface area (Å²) in [5.41, 5.74) is 1.47. The van der Waals surface area contributed by atoms with Crippen LogP contribution in [0.15, 0.2) is 35.9 Å². The van der Waals surface area contributed by atoms with E-state index in [1.54, 1.807) is 40.1 Å². The molecule has 1 aliphatic heterocycles. The van der Waals surface area contributed by atoms with E-state index in [-0.39, 0.29) is 17.2 Å². The van der Waals surface area contributed by atoms with E-state index in [0.717, 1.165) is 12.0 Å². The lowest BCUT2D eigenvalue weighted by atomic mass is 9.87. The van der Waals surface area contributed by atoms with Gasteiger partial charge in [0.25, 0.3) is 5.91 Å². The highest BCUT2D eigenvalue weighted by molar-refractivity contribution is 5.95. The average molecular weight is 386 g/mol. The first kappa shape index (κ1) is 21.7. The van der Waals surface area contributed by atoms with Crippen molar-refractivity contribution in [2.45, 2.75) is 41.0 Å². The van der Waals surface area contributed by atoms with Crippen LogP contribution in [0.1, 0.15) is 51.4 Å². The molecule has 0 atom stereocenters. The van der Waals surface area contributed by atoms with Crippen LogP contribution in [0.5, 0.6) is 5.75 Å². The third-order valence-electron chi connectivity index (χ3n) is 4.96. The molecule has 0 N–H and O–H groups in total. The molecule has 152 valence electrons. The van der Waals surface area contributed by atoms with Crippen LogP contribution in [0.25, 0.3) is 0 Å². The van der Waals surface area contributed by atoms with E-state index >= 15 is 0 Å². The Morgan fingerprint density at radius 1 is 1.00 bits per heavy atom. The lowest BCUT2D eigenvalue weighted by Gasteiger charge is -2.23. The summed E-state index contributed by atoms with van der Waals surface area (Å²) in [5.74, 6) is -0.191. The molecule has 2 rings (SSSR count). The van der Waals surface area contributed by atoms with Gasteiger partial charge in [0.05, 0.1) is 0 Å². The number of allylic oxidation sites excluding steroid dienone is 1. The molecule has 0 aliphatic carbocycles. The van der Waals surface area contributed by atoms with Crippen LogP contribution in [0.2, 0.25) is 0 Å². The molecule has 1 aromatic carbocycles. The summed E-state index contributed by atoms with van der Waals surface area (Å²) >= 11 is 0. The highest BCUT2D eigenvalue weighted by atomic mass is 16.5. The van der Waals surface area contributed by atoms with E-state index in [0.29, 0.717) is 37.5 Å². The molecule has 0 spiro atoms. The van der Waals surface area contributed by atoms with Crippen molar-refractivity contribution in [3.05, 3.63) is 41.5 Å². The Bertz CT molecular complexity index is 777. The lowest BCUT2D eigenvalue weighted by Crippen LogP contribution is -2.37. The summed E-state index contributed by atoms with van der Waals surface area (Å²) < 4.78 is 5.06. The molecule has 1 aromatic rings. The molecule has 6 heteroatoms. The topological polar surface area (TPSA) is 66.9 Å². The Hall–Kier alpha value is -2.63. The highest BCUT2D eigenvalue weighted by Gasteiger charge is 2.23. The first-order valence-corrected chi connectivity index (χ1v) is 9.63. The van der Waals surface area contributed by atoms with Crippen molar-refractivity contribution in [1.29, 1.82) is 0 Å². The minimum atomic E-state index is -0.424. The molecule has 1 fully saturated rings. The summed E-state index contributed by atoms with van der Waals surface area (Å²) in [7, 11) is 0. The third kappa shape index (κ3) is 5.94. The summed E-state index contributed by atoms with van der Waals surface area (Å²) in [6, 6.07) is 6.62. The number of rotatable bonds is 3. The molecule has 6 nitrogen and oxygen atoms in total. The first-order valence-electron chi connectivity index (χ1n) is 9.63. The van der Waals surface area contributed by atoms with Crippen molar-refractivity contribution < 1.29 is 19.1 Å². The number of benzene rings is 1. The highest BCUT2D eigenvalue weighted by Crippen LogP contribution is 2.24. The summed E-state index contributed by atoms with van der Waals surface area (Å²) in [6.45, 7) is 11.7. The van der Waals surface area contributed by atoms with Gasteiger partial charge < -0.3 is 14.5 Å². The quantitative estimate of drug-likeness (QED) is 0.454. The number of carbonyl (C=O) groups excluding carboxylic acids is 3. The van der Waals surface area contributed by atoms with Gasteiger partial charge in [-0.3, -0.25) is 14.4 Å². The fraction of sp³-hybridized carbons (Fsp3) is 0.500. The molecule has 0 saturated carbocycles. The summed E-state index contributed by atoms with van der Waals surface area (Å²) in [4.78, 5) is 40.1. The Kier molecular flexibility index (Phi) is 7.00. The number of carbonyl (C=O) groups is 3. The van der Waals surface area contributed by atoms with Gasteiger partial charge in [-0.05, 0) is 37.0 Å². The Morgan fingerprint density at radius 2 is 1.64 bits per heavy atom. The van der Waals surface area contributed by atoms with Crippen molar-refractivity contribution in [3.8, 4) is 5.75 Å². The van der Waals surface area contributed by atoms with Gasteiger partial charge in [-0.25, -0.2) is 0 Å². The average Bonchev–Trinajstić information content (AvgIpc) is 2.86. The van der Waals surface area contributed by atoms with Crippen molar-refractivity contribution in [2.24, 2.45) is 5.41 Å². The van der Waals surface area contributed by atoms with Crippen molar-refractivity contribution in [2.75, 3.05) is 26.2 Å². The second-order valence-electron chi connectivity index (χ2n) is 8.17. The SMILES string of the molecule is CC(=O)Oc1cccc(C(=O)N2CCCN(C(=O)/C=C(\C)C(C)(C)C)CC2)c1. The molecule has 1 aliphatic rings. The van der Waals surface area contributed by atoms with Crippen molar-refractivity contribution in [1.82, 2.24) is 9.80 Å². The van der Waals surface area contributed by atoms with Gasteiger partial charge in [-0.1, -0.05) is 32.4 Å². The smallest absolute Gasteiger partial charge is 0.308 e. The molecule has 0 bridgehead atoms. The van der Waals surface area contributed by atoms with Gasteiger partial charge in [0.2, 0.25) is 5.91 Å². The third-order valence-corrected chi connectivity index (χ3v) is 4.96. The van der Waals surface area contributed by atoms with Crippen molar-refractivity contribution >= 4 is 17.8 Å². The van der Waals surface area contributed by atoms with Crippen LogP contribution in [0.4, 0.5) is 0 Å². The van der Waals surface area contributed by atoms with Gasteiger partial charge in [0, 0.05) is 44.7 Å². The van der Waals surface area contributed by atoms with E-state index in [4.69, 9.17) is 4.74 Å². The van der Waals surface area contributed by atoms with E-state index in [2.05, 4.69) is 20.8 Å². The van der Waals surface area contributed by atoms with E-state index in [1.165, 1.54) is 6.92 Å². The summed E-state index contributed by atoms with van der Waals surface area (Å²) in [6.07, 6.45) is 2.43. The van der Waals surface area contributed by atoms with Gasteiger partial charge in [-0.2, -0.15) is 0 Å². The van der Waals surface area contributed by atoms with Gasteiger partial charge >= 0.3 is 5.97 Å². The molecule has 1 saturated heterocycles. The summed E-state index contributed by atoms with van der Waals surface area (Å²) in [5, 5.41) is 0. The molecule has 28 heavy (non-hydrogen) atoms. The number of nitrogens with zero attached hydrogens (tertiary/aromatic N) is 2. The standard InChI is InChI=1S/C22H30N2O4/c1-16(22(3,4)5)14-20(26)23-10-7-11-24(13-12-23)21(27)18-8-6-9-19(15-18)28-17(2)25/h6,8-9,14-15H,7,10-13H2,1-5H3/b16-14+. The van der Waals surface area contributed by atoms with Gasteiger partial charge in [0.15, 0.2) is 0 Å². The Morgan fingerprint density at radius 3 is 2.29 bits per heavy atom. The van der Waals surface area contributed by atoms with Gasteiger partial charge in [0.1, 0.15) is 5.75 Å². The molecule has 1 heterocycles. The fourth-order valence-corrected chi connectivity index (χ4v) is 2.88. The van der Waals surface area contributed by atoms with Crippen LogP contribution in [-0.2, 0) is 9.59 Å². The van der Waals surface area contributed by atoms with Crippen LogP contribution in [0, 0.1) is 5.41 Å². The number of amides is 2. The van der Waals surface area contributed by atoms with E-state index in [9.17, 15) is 14.4 Å². The lowest BCUT2D eigenvalue weighted by molar-refractivity contribution is -0.132. The van der Waals surface area contributed by atoms with E-state index in [1.807, 2.05) is 6.92 Å². The van der Waals surface area contributed by atoms with Crippen molar-refractivity contribution in [3.63, 3.8) is 0 Å². The molecular formula is C22H30N2O4. The number of ether oxygens (including phenoxy) is 1. The zero-order chi connectivity index (χ0) is 20.9. The second-order valence-corrected chi connectivity index (χ2v) is 8.17. The first-order chi connectivity index (χ1) is 13.1. The second kappa shape index (κ2) is 9.04. The number of hydrogen-bond acceptors (Lipinski definition) is 4. The predicted octanol–water partition coefficient (Wildman–Crippen LogP) is 3.28. The monoisotopic (exact) mass is 386 g/mol. The Labute approximate surface area is 167 Å². The normalized spacial score (nSPS) is 15.8. The minimum absolute atomic E-state index is 0.00132. The van der Waals surface area contributed by atoms with E-state index < -0.39 is 5.97 Å². The van der Waals surface area contributed by atoms with Crippen LogP contribution in [-0.4, -0.2) is 53.8 Å². The zero-order valence-electron chi connectivity index (χ0n) is 17.4. The Balaban J connectivity index is 2.04. The van der Waals surface area contributed by atoms with Crippen LogP contribution < -0.4 is 4.74 Å². The van der Waals surface area contributed by atoms with Crippen LogP contribution in [0.3, 0.4) is 0 Å². The molecule has 0 radical (unpaired) electrons. The zero-order valence-corrected chi connectivity index (χ0v) is 17.4. The minimum Gasteiger partial charge on any atom is -0.427 e. The van der Waals surface area contributed by atoms with Gasteiger partial charge in [-0.15, -0.1) is 0 Å². The molecule has 2 amide bonds. The maximum absolute atomic E-state index is 12.8. The molecule has 0 unspecified atom stereocenters. The predicted molar refractivity (Wildman–Crippen MR) is 108 cm³/mol. The van der Waals surface area contributed by atoms with Crippen LogP contribution >= 0.6 is 0 Å². The maximum Gasteiger partial charge on any atom is 0.308 e. The number of esters is 1. The number of hydrogen-bond donors (Lipinski definition) is 0.